The lowest BCUT2D eigenvalue weighted by molar-refractivity contribution is -0.132. The standard InChI is InChI=1S/C24H21NO4/c1-14-10-11-15(2)17(13-14)22(26)20-21(19-9-6-12-29-19)25(24(28)23(20)27)18-8-5-4-7-16(18)3/h4-13,21,26H,1-3H3/b22-20-. The first-order valence-corrected chi connectivity index (χ1v) is 9.38. The number of amides is 1. The fraction of sp³-hybridized carbons (Fsp3) is 0.167. The molecule has 2 aromatic carbocycles. The molecule has 2 heterocycles. The maximum Gasteiger partial charge on any atom is 0.300 e. The molecule has 1 atom stereocenters. The lowest BCUT2D eigenvalue weighted by atomic mass is 9.96. The van der Waals surface area contributed by atoms with Crippen LogP contribution in [0.25, 0.3) is 5.76 Å². The molecule has 5 heteroatoms. The maximum atomic E-state index is 13.1. The minimum atomic E-state index is -0.842. The quantitative estimate of drug-likeness (QED) is 0.397. The Morgan fingerprint density at radius 2 is 1.72 bits per heavy atom. The second-order valence-electron chi connectivity index (χ2n) is 7.29. The van der Waals surface area contributed by atoms with E-state index >= 15 is 0 Å². The van der Waals surface area contributed by atoms with Gasteiger partial charge < -0.3 is 9.52 Å². The molecule has 1 aliphatic rings. The molecule has 0 bridgehead atoms. The number of para-hydroxylation sites is 1. The summed E-state index contributed by atoms with van der Waals surface area (Å²) in [6.45, 7) is 5.64. The monoisotopic (exact) mass is 387 g/mol. The summed E-state index contributed by atoms with van der Waals surface area (Å²) in [6.07, 6.45) is 1.49. The van der Waals surface area contributed by atoms with E-state index in [2.05, 4.69) is 0 Å². The first-order valence-electron chi connectivity index (χ1n) is 9.38. The molecule has 1 aromatic heterocycles. The van der Waals surface area contributed by atoms with Gasteiger partial charge in [-0.3, -0.25) is 14.5 Å². The third-order valence-electron chi connectivity index (χ3n) is 5.28. The van der Waals surface area contributed by atoms with Gasteiger partial charge in [0, 0.05) is 11.3 Å². The highest BCUT2D eigenvalue weighted by Gasteiger charge is 2.48. The van der Waals surface area contributed by atoms with Crippen LogP contribution >= 0.6 is 0 Å². The Bertz CT molecular complexity index is 1140. The molecule has 4 rings (SSSR count). The molecule has 146 valence electrons. The van der Waals surface area contributed by atoms with E-state index in [1.807, 2.05) is 57.2 Å². The molecule has 5 nitrogen and oxygen atoms in total. The summed E-state index contributed by atoms with van der Waals surface area (Å²) in [5.74, 6) is -1.19. The summed E-state index contributed by atoms with van der Waals surface area (Å²) in [5, 5.41) is 11.2. The number of hydrogen-bond acceptors (Lipinski definition) is 4. The summed E-state index contributed by atoms with van der Waals surface area (Å²) in [5.41, 5.74) is 3.77. The van der Waals surface area contributed by atoms with Gasteiger partial charge in [0.15, 0.2) is 0 Å². The van der Waals surface area contributed by atoms with E-state index in [4.69, 9.17) is 4.42 Å². The van der Waals surface area contributed by atoms with Gasteiger partial charge in [-0.05, 0) is 56.2 Å². The zero-order chi connectivity index (χ0) is 20.7. The van der Waals surface area contributed by atoms with Crippen LogP contribution in [0.2, 0.25) is 0 Å². The molecule has 1 unspecified atom stereocenters. The maximum absolute atomic E-state index is 13.1. The van der Waals surface area contributed by atoms with E-state index in [9.17, 15) is 14.7 Å². The predicted octanol–water partition coefficient (Wildman–Crippen LogP) is 4.83. The number of aliphatic hydroxyl groups is 1. The van der Waals surface area contributed by atoms with Crippen molar-refractivity contribution in [3.05, 3.63) is 94.4 Å². The summed E-state index contributed by atoms with van der Waals surface area (Å²) in [6, 6.07) is 15.5. The van der Waals surface area contributed by atoms with E-state index in [1.54, 1.807) is 18.2 Å². The Labute approximate surface area is 168 Å². The van der Waals surface area contributed by atoms with Gasteiger partial charge in [-0.15, -0.1) is 0 Å². The van der Waals surface area contributed by atoms with Gasteiger partial charge in [0.05, 0.1) is 11.8 Å². The number of rotatable bonds is 3. The van der Waals surface area contributed by atoms with Gasteiger partial charge in [-0.2, -0.15) is 0 Å². The molecule has 1 N–H and O–H groups in total. The van der Waals surface area contributed by atoms with Crippen molar-refractivity contribution in [2.75, 3.05) is 4.90 Å². The third-order valence-corrected chi connectivity index (χ3v) is 5.28. The number of Topliss-reactive ketones (excluding diaryl/α,β-unsaturated/α-hetero) is 1. The van der Waals surface area contributed by atoms with Gasteiger partial charge in [-0.1, -0.05) is 35.9 Å². The summed E-state index contributed by atoms with van der Waals surface area (Å²) < 4.78 is 5.58. The number of carbonyl (C=O) groups is 2. The highest BCUT2D eigenvalue weighted by Crippen LogP contribution is 2.43. The molecule has 1 saturated heterocycles. The first kappa shape index (κ1) is 18.7. The van der Waals surface area contributed by atoms with Crippen molar-refractivity contribution >= 4 is 23.1 Å². The second-order valence-corrected chi connectivity index (χ2v) is 7.29. The Morgan fingerprint density at radius 3 is 2.41 bits per heavy atom. The Hall–Kier alpha value is -3.60. The van der Waals surface area contributed by atoms with Crippen LogP contribution in [-0.4, -0.2) is 16.8 Å². The fourth-order valence-electron chi connectivity index (χ4n) is 3.77. The molecule has 3 aromatic rings. The van der Waals surface area contributed by atoms with Crippen molar-refractivity contribution < 1.29 is 19.1 Å². The van der Waals surface area contributed by atoms with Gasteiger partial charge in [-0.25, -0.2) is 0 Å². The number of ketones is 1. The lowest BCUT2D eigenvalue weighted by Gasteiger charge is -2.25. The first-order chi connectivity index (χ1) is 13.9. The van der Waals surface area contributed by atoms with Crippen LogP contribution in [0, 0.1) is 20.8 Å². The average molecular weight is 387 g/mol. The zero-order valence-corrected chi connectivity index (χ0v) is 16.5. The zero-order valence-electron chi connectivity index (χ0n) is 16.5. The van der Waals surface area contributed by atoms with Crippen LogP contribution in [-0.2, 0) is 9.59 Å². The van der Waals surface area contributed by atoms with E-state index in [1.165, 1.54) is 11.2 Å². The van der Waals surface area contributed by atoms with Gasteiger partial charge in [0.25, 0.3) is 11.7 Å². The van der Waals surface area contributed by atoms with E-state index in [-0.39, 0.29) is 11.3 Å². The SMILES string of the molecule is Cc1ccc(C)c(/C(O)=C2/C(=O)C(=O)N(c3ccccc3C)C2c2ccco2)c1. The van der Waals surface area contributed by atoms with E-state index in [0.717, 1.165) is 16.7 Å². The number of aryl methyl sites for hydroxylation is 3. The van der Waals surface area contributed by atoms with Crippen LogP contribution < -0.4 is 4.90 Å². The van der Waals surface area contributed by atoms with Crippen LogP contribution in [0.15, 0.2) is 70.9 Å². The van der Waals surface area contributed by atoms with Crippen LogP contribution in [0.1, 0.15) is 34.1 Å². The van der Waals surface area contributed by atoms with Crippen molar-refractivity contribution in [2.24, 2.45) is 0 Å². The second kappa shape index (κ2) is 7.09. The number of aliphatic hydroxyl groups excluding tert-OH is 1. The minimum Gasteiger partial charge on any atom is -0.507 e. The van der Waals surface area contributed by atoms with Crippen LogP contribution in [0.3, 0.4) is 0 Å². The molecule has 0 radical (unpaired) electrons. The molecule has 1 fully saturated rings. The predicted molar refractivity (Wildman–Crippen MR) is 111 cm³/mol. The molecule has 29 heavy (non-hydrogen) atoms. The highest BCUT2D eigenvalue weighted by atomic mass is 16.3. The van der Waals surface area contributed by atoms with Crippen LogP contribution in [0.5, 0.6) is 0 Å². The number of benzene rings is 2. The van der Waals surface area contributed by atoms with Crippen molar-refractivity contribution in [3.63, 3.8) is 0 Å². The average Bonchev–Trinajstić information content (AvgIpc) is 3.31. The number of anilines is 1. The lowest BCUT2D eigenvalue weighted by Crippen LogP contribution is -2.29. The number of carbonyl (C=O) groups excluding carboxylic acids is 2. The normalized spacial score (nSPS) is 18.4. The number of furan rings is 1. The Balaban J connectivity index is 1.98. The smallest absolute Gasteiger partial charge is 0.300 e. The topological polar surface area (TPSA) is 70.8 Å². The summed E-state index contributed by atoms with van der Waals surface area (Å²) >= 11 is 0. The minimum absolute atomic E-state index is 0.0295. The number of hydrogen-bond donors (Lipinski definition) is 1. The van der Waals surface area contributed by atoms with Gasteiger partial charge in [0.1, 0.15) is 17.6 Å². The molecule has 1 amide bonds. The molecule has 1 aliphatic heterocycles. The molecule has 0 aliphatic carbocycles. The molecular weight excluding hydrogens is 366 g/mol. The third kappa shape index (κ3) is 3.05. The highest BCUT2D eigenvalue weighted by molar-refractivity contribution is 6.51. The molecule has 0 spiro atoms. The Morgan fingerprint density at radius 1 is 0.966 bits per heavy atom. The number of nitrogens with zero attached hydrogens (tertiary/aromatic N) is 1. The molecule has 0 saturated carbocycles. The largest absolute Gasteiger partial charge is 0.507 e. The van der Waals surface area contributed by atoms with Crippen molar-refractivity contribution in [3.8, 4) is 0 Å². The fourth-order valence-corrected chi connectivity index (χ4v) is 3.77. The Kier molecular flexibility index (Phi) is 4.59. The van der Waals surface area contributed by atoms with E-state index < -0.39 is 17.7 Å². The molecular formula is C24H21NO4. The van der Waals surface area contributed by atoms with Crippen molar-refractivity contribution in [1.29, 1.82) is 0 Å². The summed E-state index contributed by atoms with van der Waals surface area (Å²) in [7, 11) is 0. The van der Waals surface area contributed by atoms with Gasteiger partial charge in [0.2, 0.25) is 0 Å². The van der Waals surface area contributed by atoms with Crippen LogP contribution in [0.4, 0.5) is 5.69 Å². The summed E-state index contributed by atoms with van der Waals surface area (Å²) in [4.78, 5) is 27.5. The van der Waals surface area contributed by atoms with E-state index in [0.29, 0.717) is 17.0 Å². The van der Waals surface area contributed by atoms with Gasteiger partial charge >= 0.3 is 0 Å². The van der Waals surface area contributed by atoms with Crippen molar-refractivity contribution in [1.82, 2.24) is 0 Å². The van der Waals surface area contributed by atoms with Crippen molar-refractivity contribution in [2.45, 2.75) is 26.8 Å².